The molecular weight excluding hydrogens is 323 g/mol. The average Bonchev–Trinajstić information content (AvgIpc) is 2.44. The molecule has 0 atom stereocenters. The Morgan fingerprint density at radius 3 is 2.64 bits per heavy atom. The minimum Gasteiger partial charge on any atom is -0.355 e. The van der Waals surface area contributed by atoms with Gasteiger partial charge in [0.15, 0.2) is 0 Å². The van der Waals surface area contributed by atoms with Crippen molar-refractivity contribution in [2.24, 2.45) is 5.73 Å². The van der Waals surface area contributed by atoms with E-state index in [1.54, 1.807) is 0 Å². The van der Waals surface area contributed by atoms with E-state index in [2.05, 4.69) is 5.32 Å². The molecular formula is C13H17ClF3N3O2. The fourth-order valence-corrected chi connectivity index (χ4v) is 2.01. The lowest BCUT2D eigenvalue weighted by Gasteiger charge is -2.11. The maximum atomic E-state index is 12.7. The second-order valence-electron chi connectivity index (χ2n) is 4.67. The summed E-state index contributed by atoms with van der Waals surface area (Å²) in [5.74, 6) is -0.181. The van der Waals surface area contributed by atoms with Crippen LogP contribution in [0.5, 0.6) is 0 Å². The highest BCUT2D eigenvalue weighted by atomic mass is 35.5. The molecule has 0 radical (unpaired) electrons. The van der Waals surface area contributed by atoms with Crippen molar-refractivity contribution in [1.29, 1.82) is 0 Å². The Morgan fingerprint density at radius 2 is 2.05 bits per heavy atom. The molecule has 0 fully saturated rings. The molecule has 124 valence electrons. The third-order valence-corrected chi connectivity index (χ3v) is 3.16. The van der Waals surface area contributed by atoms with Crippen molar-refractivity contribution in [1.82, 2.24) is 9.88 Å². The molecule has 1 aromatic heterocycles. The van der Waals surface area contributed by atoms with E-state index in [4.69, 9.17) is 17.3 Å². The lowest BCUT2D eigenvalue weighted by Crippen LogP contribution is -2.28. The molecule has 1 rings (SSSR count). The third kappa shape index (κ3) is 5.69. The van der Waals surface area contributed by atoms with Gasteiger partial charge in [-0.25, -0.2) is 0 Å². The number of carbonyl (C=O) groups excluding carboxylic acids is 1. The molecule has 0 aromatic carbocycles. The van der Waals surface area contributed by atoms with Crippen LogP contribution < -0.4 is 16.6 Å². The molecule has 0 aliphatic carbocycles. The fraction of sp³-hybridized carbons (Fsp3) is 0.538. The zero-order chi connectivity index (χ0) is 16.8. The van der Waals surface area contributed by atoms with Gasteiger partial charge in [-0.1, -0.05) is 11.6 Å². The standard InChI is InChI=1S/C13H17ClF3N3O2/c14-10-7-9(13(15,16)17)8-20(12(10)22)6-2-1-3-11(21)19-5-4-18/h7-8H,1-6,18H2,(H,19,21). The number of hydrogen-bond acceptors (Lipinski definition) is 3. The van der Waals surface area contributed by atoms with Crippen LogP contribution in [0.3, 0.4) is 0 Å². The van der Waals surface area contributed by atoms with E-state index in [-0.39, 0.29) is 18.9 Å². The van der Waals surface area contributed by atoms with Crippen LogP contribution in [0.15, 0.2) is 17.1 Å². The number of carbonyl (C=O) groups is 1. The van der Waals surface area contributed by atoms with Gasteiger partial charge in [0.05, 0.1) is 5.56 Å². The Bertz CT molecular complexity index is 573. The number of unbranched alkanes of at least 4 members (excludes halogenated alkanes) is 1. The number of pyridine rings is 1. The Kier molecular flexibility index (Phi) is 6.89. The molecule has 0 bridgehead atoms. The summed E-state index contributed by atoms with van der Waals surface area (Å²) in [6, 6.07) is 0.612. The number of nitrogens with two attached hydrogens (primary N) is 1. The van der Waals surface area contributed by atoms with Crippen molar-refractivity contribution in [2.45, 2.75) is 32.0 Å². The predicted octanol–water partition coefficient (Wildman–Crippen LogP) is 1.77. The zero-order valence-corrected chi connectivity index (χ0v) is 12.5. The molecule has 0 spiro atoms. The van der Waals surface area contributed by atoms with E-state index in [0.29, 0.717) is 32.0 Å². The summed E-state index contributed by atoms with van der Waals surface area (Å²) in [4.78, 5) is 23.0. The van der Waals surface area contributed by atoms with E-state index in [0.717, 1.165) is 10.8 Å². The molecule has 0 unspecified atom stereocenters. The summed E-state index contributed by atoms with van der Waals surface area (Å²) in [7, 11) is 0. The summed E-state index contributed by atoms with van der Waals surface area (Å²) in [6.07, 6.45) is -2.78. The molecule has 22 heavy (non-hydrogen) atoms. The van der Waals surface area contributed by atoms with E-state index in [9.17, 15) is 22.8 Å². The fourth-order valence-electron chi connectivity index (χ4n) is 1.79. The maximum absolute atomic E-state index is 12.7. The monoisotopic (exact) mass is 339 g/mol. The van der Waals surface area contributed by atoms with Crippen molar-refractivity contribution < 1.29 is 18.0 Å². The van der Waals surface area contributed by atoms with Gasteiger partial charge in [0, 0.05) is 32.3 Å². The van der Waals surface area contributed by atoms with Crippen molar-refractivity contribution in [3.8, 4) is 0 Å². The van der Waals surface area contributed by atoms with Crippen LogP contribution in [0.25, 0.3) is 0 Å². The number of rotatable bonds is 7. The lowest BCUT2D eigenvalue weighted by atomic mass is 10.2. The largest absolute Gasteiger partial charge is 0.417 e. The van der Waals surface area contributed by atoms with Crippen LogP contribution in [0.2, 0.25) is 5.02 Å². The normalized spacial score (nSPS) is 11.5. The van der Waals surface area contributed by atoms with Crippen LogP contribution >= 0.6 is 11.6 Å². The number of nitrogens with one attached hydrogen (secondary N) is 1. The SMILES string of the molecule is NCCNC(=O)CCCCn1cc(C(F)(F)F)cc(Cl)c1=O. The Morgan fingerprint density at radius 1 is 1.36 bits per heavy atom. The van der Waals surface area contributed by atoms with Gasteiger partial charge in [-0.2, -0.15) is 13.2 Å². The highest BCUT2D eigenvalue weighted by Gasteiger charge is 2.32. The predicted molar refractivity (Wildman–Crippen MR) is 76.6 cm³/mol. The van der Waals surface area contributed by atoms with E-state index < -0.39 is 22.3 Å². The zero-order valence-electron chi connectivity index (χ0n) is 11.8. The molecule has 0 saturated carbocycles. The molecule has 1 heterocycles. The first-order chi connectivity index (χ1) is 10.3. The first-order valence-electron chi connectivity index (χ1n) is 6.69. The van der Waals surface area contributed by atoms with Crippen LogP contribution in [0, 0.1) is 0 Å². The van der Waals surface area contributed by atoms with Crippen LogP contribution in [-0.4, -0.2) is 23.6 Å². The molecule has 5 nitrogen and oxygen atoms in total. The number of amides is 1. The molecule has 1 aromatic rings. The summed E-state index contributed by atoms with van der Waals surface area (Å²) < 4.78 is 38.9. The summed E-state index contributed by atoms with van der Waals surface area (Å²) in [6.45, 7) is 0.776. The lowest BCUT2D eigenvalue weighted by molar-refractivity contribution is -0.138. The minimum atomic E-state index is -4.57. The highest BCUT2D eigenvalue weighted by Crippen LogP contribution is 2.29. The Balaban J connectivity index is 2.61. The third-order valence-electron chi connectivity index (χ3n) is 2.89. The van der Waals surface area contributed by atoms with E-state index >= 15 is 0 Å². The van der Waals surface area contributed by atoms with Gasteiger partial charge >= 0.3 is 6.18 Å². The van der Waals surface area contributed by atoms with Crippen molar-refractivity contribution in [3.05, 3.63) is 33.2 Å². The summed E-state index contributed by atoms with van der Waals surface area (Å²) >= 11 is 5.54. The maximum Gasteiger partial charge on any atom is 0.417 e. The van der Waals surface area contributed by atoms with Crippen molar-refractivity contribution in [2.75, 3.05) is 13.1 Å². The minimum absolute atomic E-state index is 0.0621. The number of aryl methyl sites for hydroxylation is 1. The van der Waals surface area contributed by atoms with Crippen molar-refractivity contribution in [3.63, 3.8) is 0 Å². The van der Waals surface area contributed by atoms with E-state index in [1.165, 1.54) is 0 Å². The first-order valence-corrected chi connectivity index (χ1v) is 7.07. The quantitative estimate of drug-likeness (QED) is 0.743. The van der Waals surface area contributed by atoms with E-state index in [1.807, 2.05) is 0 Å². The second-order valence-corrected chi connectivity index (χ2v) is 5.08. The van der Waals surface area contributed by atoms with Crippen LogP contribution in [0.4, 0.5) is 13.2 Å². The van der Waals surface area contributed by atoms with Gasteiger partial charge in [-0.05, 0) is 18.9 Å². The Hall–Kier alpha value is -1.54. The smallest absolute Gasteiger partial charge is 0.355 e. The summed E-state index contributed by atoms with van der Waals surface area (Å²) in [5, 5.41) is 2.10. The molecule has 9 heteroatoms. The molecule has 0 saturated heterocycles. The molecule has 0 aliphatic heterocycles. The average molecular weight is 340 g/mol. The number of nitrogens with zero attached hydrogens (tertiary/aromatic N) is 1. The number of hydrogen-bond donors (Lipinski definition) is 2. The van der Waals surface area contributed by atoms with Gasteiger partial charge in [0.2, 0.25) is 5.91 Å². The summed E-state index contributed by atoms with van der Waals surface area (Å²) in [5.41, 5.74) is 3.58. The topological polar surface area (TPSA) is 77.1 Å². The molecule has 0 aliphatic rings. The van der Waals surface area contributed by atoms with Gasteiger partial charge in [0.25, 0.3) is 5.56 Å². The highest BCUT2D eigenvalue weighted by molar-refractivity contribution is 6.30. The van der Waals surface area contributed by atoms with Crippen molar-refractivity contribution >= 4 is 17.5 Å². The van der Waals surface area contributed by atoms with Crippen LogP contribution in [0.1, 0.15) is 24.8 Å². The van der Waals surface area contributed by atoms with Gasteiger partial charge in [-0.15, -0.1) is 0 Å². The Labute approximate surface area is 130 Å². The van der Waals surface area contributed by atoms with Gasteiger partial charge < -0.3 is 15.6 Å². The van der Waals surface area contributed by atoms with Crippen LogP contribution in [-0.2, 0) is 17.5 Å². The first kappa shape index (κ1) is 18.5. The molecule has 3 N–H and O–H groups in total. The molecule has 1 amide bonds. The number of aromatic nitrogens is 1. The number of halogens is 4. The number of alkyl halides is 3. The van der Waals surface area contributed by atoms with Gasteiger partial charge in [-0.3, -0.25) is 9.59 Å². The second kappa shape index (κ2) is 8.19. The van der Waals surface area contributed by atoms with Gasteiger partial charge in [0.1, 0.15) is 5.02 Å².